The zero-order valence-corrected chi connectivity index (χ0v) is 32.5. The van der Waals surface area contributed by atoms with E-state index in [1.54, 1.807) is 34.9 Å². The van der Waals surface area contributed by atoms with Gasteiger partial charge in [0.05, 0.1) is 117 Å². The Kier molecular flexibility index (Phi) is 29.9. The Balaban J connectivity index is 4.31. The molecular formula is C35H59N5O14. The molecular weight excluding hydrogens is 714 g/mol. The van der Waals surface area contributed by atoms with Crippen LogP contribution in [0.1, 0.15) is 46.5 Å². The molecule has 0 aromatic carbocycles. The molecule has 54 heavy (non-hydrogen) atoms. The molecule has 0 radical (unpaired) electrons. The summed E-state index contributed by atoms with van der Waals surface area (Å²) >= 11 is 0. The SMILES string of the molecule is CN(CCOCCOCCOCCC(=O)OCCC#N)C(=O)CN(CC(=O)N(C)CCOCCOCCOCCC(=O)OCCC#N)C(=O)OC(C)(C)C. The second kappa shape index (κ2) is 32.3. The summed E-state index contributed by atoms with van der Waals surface area (Å²) in [7, 11) is 3.13. The van der Waals surface area contributed by atoms with E-state index in [1.807, 2.05) is 12.1 Å². The molecule has 0 spiro atoms. The molecule has 0 aromatic heterocycles. The van der Waals surface area contributed by atoms with E-state index >= 15 is 0 Å². The number of hydrogen-bond acceptors (Lipinski definition) is 16. The van der Waals surface area contributed by atoms with Gasteiger partial charge in [-0.2, -0.15) is 10.5 Å². The number of amides is 3. The van der Waals surface area contributed by atoms with Crippen molar-refractivity contribution in [3.05, 3.63) is 0 Å². The Bertz CT molecular complexity index is 1080. The summed E-state index contributed by atoms with van der Waals surface area (Å²) < 4.78 is 47.6. The molecule has 0 rings (SSSR count). The summed E-state index contributed by atoms with van der Waals surface area (Å²) in [5, 5.41) is 16.9. The van der Waals surface area contributed by atoms with E-state index in [2.05, 4.69) is 0 Å². The fourth-order valence-electron chi connectivity index (χ4n) is 3.69. The fourth-order valence-corrected chi connectivity index (χ4v) is 3.69. The van der Waals surface area contributed by atoms with Crippen LogP contribution in [0.15, 0.2) is 0 Å². The maximum Gasteiger partial charge on any atom is 0.411 e. The van der Waals surface area contributed by atoms with Crippen LogP contribution in [-0.4, -0.2) is 183 Å². The molecule has 0 aromatic rings. The van der Waals surface area contributed by atoms with Gasteiger partial charge in [-0.1, -0.05) is 0 Å². The first-order valence-corrected chi connectivity index (χ1v) is 17.8. The summed E-state index contributed by atoms with van der Waals surface area (Å²) in [4.78, 5) is 65.5. The normalized spacial score (nSPS) is 10.9. The Morgan fingerprint density at radius 3 is 1.19 bits per heavy atom. The summed E-state index contributed by atoms with van der Waals surface area (Å²) in [6.07, 6.45) is -0.315. The van der Waals surface area contributed by atoms with Gasteiger partial charge in [0.25, 0.3) is 0 Å². The minimum Gasteiger partial charge on any atom is -0.465 e. The van der Waals surface area contributed by atoms with Gasteiger partial charge in [-0.3, -0.25) is 24.1 Å². The van der Waals surface area contributed by atoms with Crippen LogP contribution in [0.3, 0.4) is 0 Å². The maximum absolute atomic E-state index is 13.0. The molecule has 0 atom stereocenters. The van der Waals surface area contributed by atoms with Gasteiger partial charge in [0.15, 0.2) is 0 Å². The summed E-state index contributed by atoms with van der Waals surface area (Å²) in [6.45, 7) is 8.02. The highest BCUT2D eigenvalue weighted by molar-refractivity contribution is 5.86. The van der Waals surface area contributed by atoms with Gasteiger partial charge in [-0.05, 0) is 20.8 Å². The third kappa shape index (κ3) is 30.4. The Morgan fingerprint density at radius 1 is 0.519 bits per heavy atom. The molecule has 3 amide bonds. The molecule has 19 nitrogen and oxygen atoms in total. The van der Waals surface area contributed by atoms with Crippen LogP contribution < -0.4 is 0 Å². The zero-order chi connectivity index (χ0) is 40.5. The number of carbonyl (C=O) groups excluding carboxylic acids is 5. The van der Waals surface area contributed by atoms with Crippen molar-refractivity contribution < 1.29 is 66.6 Å². The fraction of sp³-hybridized carbons (Fsp3) is 0.800. The number of ether oxygens (including phenoxy) is 9. The number of hydrogen-bond donors (Lipinski definition) is 0. The summed E-state index contributed by atoms with van der Waals surface area (Å²) in [5.74, 6) is -1.68. The Morgan fingerprint density at radius 2 is 0.852 bits per heavy atom. The largest absolute Gasteiger partial charge is 0.465 e. The summed E-state index contributed by atoms with van der Waals surface area (Å²) in [5.41, 5.74) is -0.844. The van der Waals surface area contributed by atoms with Gasteiger partial charge in [0, 0.05) is 27.2 Å². The monoisotopic (exact) mass is 773 g/mol. The molecule has 0 aliphatic carbocycles. The standard InChI is InChI=1S/C35H59N5O14/c1-35(2,3)54-34(45)40(28-30(41)38(4)12-18-48-22-26-50-24-20-46-16-8-32(43)52-14-6-10-36)29-31(42)39(5)13-19-49-23-27-51-25-21-47-17-9-33(44)53-15-7-11-37/h6-9,12-29H2,1-5H3. The summed E-state index contributed by atoms with van der Waals surface area (Å²) in [6, 6.07) is 3.77. The average molecular weight is 774 g/mol. The van der Waals surface area contributed by atoms with Crippen molar-refractivity contribution in [2.24, 2.45) is 0 Å². The number of esters is 2. The first-order chi connectivity index (χ1) is 25.8. The highest BCUT2D eigenvalue weighted by Crippen LogP contribution is 2.11. The molecule has 0 heterocycles. The second-order valence-electron chi connectivity index (χ2n) is 12.4. The first kappa shape index (κ1) is 49.9. The molecule has 0 saturated heterocycles. The molecule has 0 saturated carbocycles. The maximum atomic E-state index is 13.0. The lowest BCUT2D eigenvalue weighted by Crippen LogP contribution is -2.48. The van der Waals surface area contributed by atoms with Crippen LogP contribution >= 0.6 is 0 Å². The van der Waals surface area contributed by atoms with Crippen molar-refractivity contribution in [3.8, 4) is 12.1 Å². The predicted molar refractivity (Wildman–Crippen MR) is 190 cm³/mol. The number of rotatable bonds is 32. The lowest BCUT2D eigenvalue weighted by atomic mass is 10.2. The molecule has 0 unspecified atom stereocenters. The van der Waals surface area contributed by atoms with Gasteiger partial charge in [-0.25, -0.2) is 4.79 Å². The van der Waals surface area contributed by atoms with Crippen LogP contribution in [-0.2, 0) is 61.8 Å². The van der Waals surface area contributed by atoms with E-state index in [1.165, 1.54) is 9.80 Å². The van der Waals surface area contributed by atoms with Crippen molar-refractivity contribution >= 4 is 29.8 Å². The minimum absolute atomic E-state index is 0.0701. The van der Waals surface area contributed by atoms with Crippen molar-refractivity contribution in [2.75, 3.05) is 133 Å². The van der Waals surface area contributed by atoms with Gasteiger partial charge in [0.2, 0.25) is 11.8 Å². The molecule has 0 aliphatic rings. The van der Waals surface area contributed by atoms with Crippen molar-refractivity contribution in [1.29, 1.82) is 10.5 Å². The molecule has 0 N–H and O–H groups in total. The van der Waals surface area contributed by atoms with Crippen LogP contribution in [0.25, 0.3) is 0 Å². The zero-order valence-electron chi connectivity index (χ0n) is 32.5. The number of nitriles is 2. The van der Waals surface area contributed by atoms with Gasteiger partial charge in [0.1, 0.15) is 31.9 Å². The second-order valence-corrected chi connectivity index (χ2v) is 12.4. The molecule has 0 aliphatic heterocycles. The van der Waals surface area contributed by atoms with Crippen molar-refractivity contribution in [1.82, 2.24) is 14.7 Å². The van der Waals surface area contributed by atoms with E-state index in [0.29, 0.717) is 26.4 Å². The van der Waals surface area contributed by atoms with E-state index in [-0.39, 0.29) is 118 Å². The number of carbonyl (C=O) groups is 5. The van der Waals surface area contributed by atoms with Crippen molar-refractivity contribution in [2.45, 2.75) is 52.1 Å². The third-order valence-electron chi connectivity index (χ3n) is 6.64. The van der Waals surface area contributed by atoms with Crippen molar-refractivity contribution in [3.63, 3.8) is 0 Å². The third-order valence-corrected chi connectivity index (χ3v) is 6.64. The van der Waals surface area contributed by atoms with E-state index in [0.717, 1.165) is 4.90 Å². The first-order valence-electron chi connectivity index (χ1n) is 17.8. The van der Waals surface area contributed by atoms with Crippen LogP contribution in [0.2, 0.25) is 0 Å². The highest BCUT2D eigenvalue weighted by atomic mass is 16.6. The van der Waals surface area contributed by atoms with Crippen LogP contribution in [0.4, 0.5) is 4.79 Å². The smallest absolute Gasteiger partial charge is 0.411 e. The quantitative estimate of drug-likeness (QED) is 0.0527. The van der Waals surface area contributed by atoms with E-state index in [4.69, 9.17) is 53.2 Å². The van der Waals surface area contributed by atoms with Crippen LogP contribution in [0, 0.1) is 22.7 Å². The lowest BCUT2D eigenvalue weighted by Gasteiger charge is -2.29. The molecule has 308 valence electrons. The van der Waals surface area contributed by atoms with Gasteiger partial charge in [-0.15, -0.1) is 0 Å². The minimum atomic E-state index is -0.844. The Labute approximate surface area is 318 Å². The van der Waals surface area contributed by atoms with E-state index < -0.39 is 35.4 Å². The molecule has 0 bridgehead atoms. The van der Waals surface area contributed by atoms with Crippen LogP contribution in [0.5, 0.6) is 0 Å². The molecule has 0 fully saturated rings. The van der Waals surface area contributed by atoms with E-state index in [9.17, 15) is 24.0 Å². The highest BCUT2D eigenvalue weighted by Gasteiger charge is 2.28. The lowest BCUT2D eigenvalue weighted by molar-refractivity contribution is -0.145. The number of nitrogens with zero attached hydrogens (tertiary/aromatic N) is 5. The Hall–Kier alpha value is -4.11. The predicted octanol–water partition coefficient (Wildman–Crippen LogP) is 0.934. The topological polar surface area (TPSA) is 226 Å². The molecule has 19 heteroatoms. The van der Waals surface area contributed by atoms with Gasteiger partial charge >= 0.3 is 18.0 Å². The van der Waals surface area contributed by atoms with Gasteiger partial charge < -0.3 is 52.4 Å². The number of likely N-dealkylation sites (N-methyl/N-ethyl adjacent to an activating group) is 2. The average Bonchev–Trinajstić information content (AvgIpc) is 3.11.